The second-order valence-corrected chi connectivity index (χ2v) is 6.51. The number of alkyl halides is 1. The lowest BCUT2D eigenvalue weighted by Gasteiger charge is -2.36. The van der Waals surface area contributed by atoms with Crippen LogP contribution in [0.5, 0.6) is 0 Å². The summed E-state index contributed by atoms with van der Waals surface area (Å²) in [5.74, 6) is -1.25. The van der Waals surface area contributed by atoms with E-state index in [9.17, 15) is 0 Å². The molecule has 5 atom stereocenters. The van der Waals surface area contributed by atoms with Crippen LogP contribution in [0.1, 0.15) is 27.7 Å². The molecule has 0 radical (unpaired) electrons. The van der Waals surface area contributed by atoms with Crippen LogP contribution in [0.4, 0.5) is 0 Å². The number of fused-ring (bicyclic) bond motifs is 3. The van der Waals surface area contributed by atoms with Crippen LogP contribution in [0.3, 0.4) is 0 Å². The normalized spacial score (nSPS) is 48.8. The van der Waals surface area contributed by atoms with Gasteiger partial charge in [0.25, 0.3) is 0 Å². The number of ether oxygens (including phenoxy) is 5. The molecule has 104 valence electrons. The van der Waals surface area contributed by atoms with Crippen molar-refractivity contribution in [1.29, 1.82) is 0 Å². The largest absolute Gasteiger partial charge is 0.343 e. The maximum absolute atomic E-state index is 5.96. The lowest BCUT2D eigenvalue weighted by molar-refractivity contribution is -0.227. The van der Waals surface area contributed by atoms with E-state index in [1.807, 2.05) is 27.7 Å². The third kappa shape index (κ3) is 2.13. The Morgan fingerprint density at radius 1 is 0.833 bits per heavy atom. The van der Waals surface area contributed by atoms with Gasteiger partial charge in [-0.1, -0.05) is 15.9 Å². The summed E-state index contributed by atoms with van der Waals surface area (Å²) in [6.45, 7) is 7.58. The van der Waals surface area contributed by atoms with Gasteiger partial charge in [-0.3, -0.25) is 0 Å². The van der Waals surface area contributed by atoms with Gasteiger partial charge in [-0.15, -0.1) is 0 Å². The molecular weight excluding hydrogens is 304 g/mol. The highest BCUT2D eigenvalue weighted by Gasteiger charge is 2.60. The molecule has 3 fully saturated rings. The molecule has 6 heteroatoms. The van der Waals surface area contributed by atoms with Crippen molar-refractivity contribution in [3.8, 4) is 0 Å². The first-order valence-corrected chi connectivity index (χ1v) is 7.36. The van der Waals surface area contributed by atoms with Gasteiger partial charge in [-0.2, -0.15) is 0 Å². The Hall–Kier alpha value is 0.280. The second kappa shape index (κ2) is 4.14. The van der Waals surface area contributed by atoms with Crippen LogP contribution in [-0.4, -0.2) is 47.6 Å². The number of hydrogen-bond acceptors (Lipinski definition) is 5. The highest BCUT2D eigenvalue weighted by atomic mass is 79.9. The van der Waals surface area contributed by atoms with E-state index in [0.29, 0.717) is 5.33 Å². The van der Waals surface area contributed by atoms with Gasteiger partial charge in [0.05, 0.1) is 6.10 Å². The van der Waals surface area contributed by atoms with E-state index in [1.165, 1.54) is 0 Å². The minimum Gasteiger partial charge on any atom is -0.343 e. The average Bonchev–Trinajstić information content (AvgIpc) is 2.71. The summed E-state index contributed by atoms with van der Waals surface area (Å²) in [5, 5.41) is 0.681. The van der Waals surface area contributed by atoms with Crippen LogP contribution in [-0.2, 0) is 23.7 Å². The van der Waals surface area contributed by atoms with E-state index in [-0.39, 0.29) is 30.7 Å². The van der Waals surface area contributed by atoms with Gasteiger partial charge < -0.3 is 23.7 Å². The van der Waals surface area contributed by atoms with Crippen molar-refractivity contribution in [3.05, 3.63) is 0 Å². The Morgan fingerprint density at radius 3 is 2.06 bits per heavy atom. The summed E-state index contributed by atoms with van der Waals surface area (Å²) >= 11 is 3.45. The predicted octanol–water partition coefficient (Wildman–Crippen LogP) is 1.78. The maximum Gasteiger partial charge on any atom is 0.190 e. The van der Waals surface area contributed by atoms with E-state index in [2.05, 4.69) is 15.9 Å². The van der Waals surface area contributed by atoms with Crippen molar-refractivity contribution in [1.82, 2.24) is 0 Å². The summed E-state index contributed by atoms with van der Waals surface area (Å²) < 4.78 is 29.4. The van der Waals surface area contributed by atoms with Gasteiger partial charge in [0.2, 0.25) is 0 Å². The summed E-state index contributed by atoms with van der Waals surface area (Å²) in [6, 6.07) is 0. The Balaban J connectivity index is 1.86. The van der Waals surface area contributed by atoms with Crippen molar-refractivity contribution in [3.63, 3.8) is 0 Å². The van der Waals surface area contributed by atoms with Crippen molar-refractivity contribution < 1.29 is 23.7 Å². The Morgan fingerprint density at radius 2 is 1.39 bits per heavy atom. The van der Waals surface area contributed by atoms with Crippen molar-refractivity contribution in [2.45, 2.75) is 70.0 Å². The third-order valence-corrected chi connectivity index (χ3v) is 4.04. The molecule has 0 amide bonds. The molecule has 0 saturated carbocycles. The summed E-state index contributed by atoms with van der Waals surface area (Å²) in [6.07, 6.45) is -0.986. The minimum atomic E-state index is -0.642. The zero-order valence-corrected chi connectivity index (χ0v) is 12.6. The fourth-order valence-electron chi connectivity index (χ4n) is 2.82. The molecule has 3 saturated heterocycles. The molecule has 3 heterocycles. The number of halogens is 1. The monoisotopic (exact) mass is 322 g/mol. The van der Waals surface area contributed by atoms with E-state index in [0.717, 1.165) is 0 Å². The molecule has 3 unspecified atom stereocenters. The Labute approximate surface area is 115 Å². The van der Waals surface area contributed by atoms with Gasteiger partial charge in [0, 0.05) is 5.33 Å². The Kier molecular flexibility index (Phi) is 3.05. The lowest BCUT2D eigenvalue weighted by Crippen LogP contribution is -2.55. The highest BCUT2D eigenvalue weighted by Crippen LogP contribution is 2.44. The maximum atomic E-state index is 5.96. The van der Waals surface area contributed by atoms with Crippen LogP contribution in [0.25, 0.3) is 0 Å². The van der Waals surface area contributed by atoms with Gasteiger partial charge in [0.1, 0.15) is 18.3 Å². The molecule has 0 bridgehead atoms. The molecule has 5 nitrogen and oxygen atoms in total. The van der Waals surface area contributed by atoms with Crippen LogP contribution >= 0.6 is 15.9 Å². The average molecular weight is 323 g/mol. The SMILES string of the molecule is CC1(C)OC2C3OC(C)(C)O[C@H]3C(CBr)O[C@@H]2O1. The first-order valence-electron chi connectivity index (χ1n) is 6.24. The predicted molar refractivity (Wildman–Crippen MR) is 66.3 cm³/mol. The molecule has 0 aliphatic carbocycles. The Bertz CT molecular complexity index is 345. The van der Waals surface area contributed by atoms with Crippen molar-refractivity contribution in [2.24, 2.45) is 0 Å². The summed E-state index contributed by atoms with van der Waals surface area (Å²) in [5.41, 5.74) is 0. The molecule has 3 rings (SSSR count). The molecule has 18 heavy (non-hydrogen) atoms. The first-order chi connectivity index (χ1) is 8.31. The summed E-state index contributed by atoms with van der Waals surface area (Å²) in [4.78, 5) is 0. The minimum absolute atomic E-state index is 0.0875. The van der Waals surface area contributed by atoms with Crippen LogP contribution in [0, 0.1) is 0 Å². The topological polar surface area (TPSA) is 46.2 Å². The zero-order valence-electron chi connectivity index (χ0n) is 11.0. The molecule has 0 aromatic heterocycles. The molecule has 0 aromatic carbocycles. The van der Waals surface area contributed by atoms with E-state index in [1.54, 1.807) is 0 Å². The van der Waals surface area contributed by atoms with Gasteiger partial charge >= 0.3 is 0 Å². The van der Waals surface area contributed by atoms with E-state index >= 15 is 0 Å². The first kappa shape index (κ1) is 13.3. The van der Waals surface area contributed by atoms with Crippen LogP contribution in [0.15, 0.2) is 0 Å². The lowest BCUT2D eigenvalue weighted by atomic mass is 10.0. The molecule has 0 N–H and O–H groups in total. The standard InChI is InChI=1S/C12H19BrO5/c1-11(2)15-7-6(5-13)14-10-9(8(7)16-11)17-12(3,4)18-10/h6-10H,5H2,1-4H3/t6?,7-,8?,9?,10+/m0/s1. The molecule has 3 aliphatic heterocycles. The number of hydrogen-bond donors (Lipinski definition) is 0. The molecule has 0 aromatic rings. The summed E-state index contributed by atoms with van der Waals surface area (Å²) in [7, 11) is 0. The smallest absolute Gasteiger partial charge is 0.190 e. The van der Waals surface area contributed by atoms with Crippen molar-refractivity contribution >= 4 is 15.9 Å². The van der Waals surface area contributed by atoms with Gasteiger partial charge in [-0.25, -0.2) is 0 Å². The molecular formula is C12H19BrO5. The van der Waals surface area contributed by atoms with Crippen molar-refractivity contribution in [2.75, 3.05) is 5.33 Å². The van der Waals surface area contributed by atoms with E-state index in [4.69, 9.17) is 23.7 Å². The molecule has 0 spiro atoms. The van der Waals surface area contributed by atoms with Gasteiger partial charge in [-0.05, 0) is 27.7 Å². The van der Waals surface area contributed by atoms with Crippen LogP contribution in [0.2, 0.25) is 0 Å². The highest BCUT2D eigenvalue weighted by molar-refractivity contribution is 9.09. The quantitative estimate of drug-likeness (QED) is 0.689. The van der Waals surface area contributed by atoms with Gasteiger partial charge in [0.15, 0.2) is 17.9 Å². The third-order valence-electron chi connectivity index (χ3n) is 3.40. The second-order valence-electron chi connectivity index (χ2n) is 5.86. The fourth-order valence-corrected chi connectivity index (χ4v) is 3.34. The molecule has 3 aliphatic rings. The van der Waals surface area contributed by atoms with Crippen LogP contribution < -0.4 is 0 Å². The fraction of sp³-hybridized carbons (Fsp3) is 1.00. The zero-order chi connectivity index (χ0) is 13.1. The number of rotatable bonds is 1. The van der Waals surface area contributed by atoms with E-state index < -0.39 is 11.6 Å².